The molecule has 0 saturated heterocycles. The Bertz CT molecular complexity index is 513. The van der Waals surface area contributed by atoms with Crippen LogP contribution in [-0.2, 0) is 17.8 Å². The topological polar surface area (TPSA) is 59.2 Å². The Morgan fingerprint density at radius 1 is 1.42 bits per heavy atom. The maximum atomic E-state index is 12.2. The smallest absolute Gasteiger partial charge is 0.239 e. The Labute approximate surface area is 116 Å². The molecule has 0 aliphatic heterocycles. The molecule has 5 heteroatoms. The molecule has 0 saturated carbocycles. The fourth-order valence-corrected chi connectivity index (χ4v) is 2.52. The quantitative estimate of drug-likeness (QED) is 0.903. The lowest BCUT2D eigenvalue weighted by Gasteiger charge is -2.20. The number of hydrogen-bond acceptors (Lipinski definition) is 4. The van der Waals surface area contributed by atoms with Crippen LogP contribution < -0.4 is 5.73 Å². The molecule has 1 amide bonds. The molecule has 19 heavy (non-hydrogen) atoms. The van der Waals surface area contributed by atoms with Gasteiger partial charge in [0.05, 0.1) is 12.6 Å². The van der Waals surface area contributed by atoms with E-state index in [4.69, 9.17) is 5.73 Å². The minimum atomic E-state index is -0.507. The minimum Gasteiger partial charge on any atom is -0.338 e. The van der Waals surface area contributed by atoms with E-state index in [1.54, 1.807) is 18.1 Å². The lowest BCUT2D eigenvalue weighted by Crippen LogP contribution is -2.42. The van der Waals surface area contributed by atoms with E-state index >= 15 is 0 Å². The van der Waals surface area contributed by atoms with Gasteiger partial charge in [-0.3, -0.25) is 4.79 Å². The van der Waals surface area contributed by atoms with Gasteiger partial charge in [-0.05, 0) is 12.0 Å². The summed E-state index contributed by atoms with van der Waals surface area (Å²) in [7, 11) is 1.76. The molecule has 1 atom stereocenters. The van der Waals surface area contributed by atoms with Crippen LogP contribution in [0.4, 0.5) is 0 Å². The summed E-state index contributed by atoms with van der Waals surface area (Å²) in [4.78, 5) is 17.9. The van der Waals surface area contributed by atoms with Gasteiger partial charge >= 0.3 is 0 Å². The lowest BCUT2D eigenvalue weighted by atomic mass is 10.1. The Kier molecular flexibility index (Phi) is 4.65. The first-order valence-corrected chi connectivity index (χ1v) is 6.97. The average molecular weight is 275 g/mol. The van der Waals surface area contributed by atoms with Crippen molar-refractivity contribution >= 4 is 17.2 Å². The number of carbonyl (C=O) groups is 1. The van der Waals surface area contributed by atoms with Gasteiger partial charge < -0.3 is 10.6 Å². The summed E-state index contributed by atoms with van der Waals surface area (Å²) in [5.74, 6) is -0.0564. The molecule has 2 rings (SSSR count). The summed E-state index contributed by atoms with van der Waals surface area (Å²) in [5.41, 5.74) is 7.05. The molecule has 0 aliphatic rings. The van der Waals surface area contributed by atoms with Crippen molar-refractivity contribution in [3.05, 3.63) is 52.5 Å². The zero-order valence-electron chi connectivity index (χ0n) is 10.8. The van der Waals surface area contributed by atoms with Gasteiger partial charge in [-0.2, -0.15) is 0 Å². The molecular formula is C14H17N3OS. The average Bonchev–Trinajstić information content (AvgIpc) is 2.91. The van der Waals surface area contributed by atoms with Gasteiger partial charge in [0.1, 0.15) is 5.01 Å². The van der Waals surface area contributed by atoms with E-state index < -0.39 is 6.04 Å². The Morgan fingerprint density at radius 3 is 2.79 bits per heavy atom. The molecular weight excluding hydrogens is 258 g/mol. The van der Waals surface area contributed by atoms with Crippen molar-refractivity contribution in [3.63, 3.8) is 0 Å². The number of thiazole rings is 1. The molecule has 100 valence electrons. The molecule has 0 spiro atoms. The molecule has 1 heterocycles. The zero-order chi connectivity index (χ0) is 13.7. The molecule has 1 aromatic carbocycles. The van der Waals surface area contributed by atoms with Gasteiger partial charge in [-0.1, -0.05) is 30.3 Å². The number of nitrogens with two attached hydrogens (primary N) is 1. The van der Waals surface area contributed by atoms with E-state index in [1.165, 1.54) is 11.3 Å². The summed E-state index contributed by atoms with van der Waals surface area (Å²) < 4.78 is 0. The summed E-state index contributed by atoms with van der Waals surface area (Å²) in [6.45, 7) is 0.513. The van der Waals surface area contributed by atoms with Crippen LogP contribution in [-0.4, -0.2) is 28.9 Å². The number of nitrogens with zero attached hydrogens (tertiary/aromatic N) is 2. The van der Waals surface area contributed by atoms with Crippen molar-refractivity contribution in [2.75, 3.05) is 7.05 Å². The van der Waals surface area contributed by atoms with Gasteiger partial charge in [0.15, 0.2) is 0 Å². The lowest BCUT2D eigenvalue weighted by molar-refractivity contribution is -0.131. The third kappa shape index (κ3) is 3.87. The molecule has 0 radical (unpaired) electrons. The van der Waals surface area contributed by atoms with E-state index in [9.17, 15) is 4.79 Å². The number of hydrogen-bond donors (Lipinski definition) is 1. The third-order valence-corrected chi connectivity index (χ3v) is 3.61. The highest BCUT2D eigenvalue weighted by atomic mass is 32.1. The number of rotatable bonds is 5. The number of aromatic nitrogens is 1. The normalized spacial score (nSPS) is 12.1. The Morgan fingerprint density at radius 2 is 2.16 bits per heavy atom. The van der Waals surface area contributed by atoms with Gasteiger partial charge in [-0.15, -0.1) is 11.3 Å². The minimum absolute atomic E-state index is 0.0564. The molecule has 2 aromatic rings. The first-order chi connectivity index (χ1) is 9.16. The molecule has 1 aromatic heterocycles. The first kappa shape index (κ1) is 13.7. The van der Waals surface area contributed by atoms with Gasteiger partial charge in [0.2, 0.25) is 5.91 Å². The maximum absolute atomic E-state index is 12.2. The van der Waals surface area contributed by atoms with Gasteiger partial charge in [-0.25, -0.2) is 4.98 Å². The zero-order valence-corrected chi connectivity index (χ0v) is 11.6. The second-order valence-corrected chi connectivity index (χ2v) is 5.40. The van der Waals surface area contributed by atoms with Crippen LogP contribution in [0.2, 0.25) is 0 Å². The van der Waals surface area contributed by atoms with E-state index in [-0.39, 0.29) is 5.91 Å². The summed E-state index contributed by atoms with van der Waals surface area (Å²) in [6, 6.07) is 9.30. The standard InChI is InChI=1S/C14H17N3OS/c1-17(10-13-16-7-8-19-13)14(18)12(15)9-11-5-3-2-4-6-11/h2-8,12H,9-10,15H2,1H3. The SMILES string of the molecule is CN(Cc1nccs1)C(=O)C(N)Cc1ccccc1. The number of benzene rings is 1. The highest BCUT2D eigenvalue weighted by molar-refractivity contribution is 7.09. The second kappa shape index (κ2) is 6.45. The molecule has 2 N–H and O–H groups in total. The number of carbonyl (C=O) groups excluding carboxylic acids is 1. The van der Waals surface area contributed by atoms with Crippen LogP contribution in [0.3, 0.4) is 0 Å². The van der Waals surface area contributed by atoms with Gasteiger partial charge in [0, 0.05) is 18.6 Å². The fourth-order valence-electron chi connectivity index (χ4n) is 1.85. The first-order valence-electron chi connectivity index (χ1n) is 6.09. The van der Waals surface area contributed by atoms with Crippen LogP contribution in [0.15, 0.2) is 41.9 Å². The summed E-state index contributed by atoms with van der Waals surface area (Å²) in [6.07, 6.45) is 2.30. The Hall–Kier alpha value is -1.72. The van der Waals surface area contributed by atoms with E-state index in [2.05, 4.69) is 4.98 Å². The van der Waals surface area contributed by atoms with Crippen molar-refractivity contribution in [2.24, 2.45) is 5.73 Å². The van der Waals surface area contributed by atoms with E-state index in [0.29, 0.717) is 13.0 Å². The molecule has 0 bridgehead atoms. The van der Waals surface area contributed by atoms with Crippen molar-refractivity contribution in [1.29, 1.82) is 0 Å². The van der Waals surface area contributed by atoms with Crippen LogP contribution in [0.25, 0.3) is 0 Å². The summed E-state index contributed by atoms with van der Waals surface area (Å²) in [5, 5.41) is 2.82. The summed E-state index contributed by atoms with van der Waals surface area (Å²) >= 11 is 1.54. The molecule has 0 fully saturated rings. The van der Waals surface area contributed by atoms with Crippen molar-refractivity contribution < 1.29 is 4.79 Å². The van der Waals surface area contributed by atoms with E-state index in [1.807, 2.05) is 35.7 Å². The second-order valence-electron chi connectivity index (χ2n) is 4.42. The predicted octanol–water partition coefficient (Wildman–Crippen LogP) is 1.67. The number of likely N-dealkylation sites (N-methyl/N-ethyl adjacent to an activating group) is 1. The monoisotopic (exact) mass is 275 g/mol. The van der Waals surface area contributed by atoms with Gasteiger partial charge in [0.25, 0.3) is 0 Å². The predicted molar refractivity (Wildman–Crippen MR) is 76.7 cm³/mol. The molecule has 4 nitrogen and oxygen atoms in total. The van der Waals surface area contributed by atoms with Crippen LogP contribution >= 0.6 is 11.3 Å². The van der Waals surface area contributed by atoms with Crippen LogP contribution in [0.5, 0.6) is 0 Å². The van der Waals surface area contributed by atoms with Crippen LogP contribution in [0, 0.1) is 0 Å². The third-order valence-electron chi connectivity index (χ3n) is 2.85. The molecule has 1 unspecified atom stereocenters. The van der Waals surface area contributed by atoms with E-state index in [0.717, 1.165) is 10.6 Å². The highest BCUT2D eigenvalue weighted by Crippen LogP contribution is 2.09. The molecule has 0 aliphatic carbocycles. The largest absolute Gasteiger partial charge is 0.338 e. The Balaban J connectivity index is 1.91. The maximum Gasteiger partial charge on any atom is 0.239 e. The van der Waals surface area contributed by atoms with Crippen molar-refractivity contribution in [1.82, 2.24) is 9.88 Å². The van der Waals surface area contributed by atoms with Crippen LogP contribution in [0.1, 0.15) is 10.6 Å². The number of amides is 1. The van der Waals surface area contributed by atoms with Crippen molar-refractivity contribution in [2.45, 2.75) is 19.0 Å². The highest BCUT2D eigenvalue weighted by Gasteiger charge is 2.19. The van der Waals surface area contributed by atoms with Crippen molar-refractivity contribution in [3.8, 4) is 0 Å². The fraction of sp³-hybridized carbons (Fsp3) is 0.286.